The Balaban J connectivity index is 0.00000128. The molecule has 4 heteroatoms. The topological polar surface area (TPSA) is 6.48 Å². The molecule has 0 aliphatic carbocycles. The normalized spacial score (nSPS) is 17.0. The first-order valence-electron chi connectivity index (χ1n) is 5.56. The van der Waals surface area contributed by atoms with Crippen molar-refractivity contribution in [2.24, 2.45) is 0 Å². The van der Waals surface area contributed by atoms with Gasteiger partial charge in [0.15, 0.2) is 0 Å². The smallest absolute Gasteiger partial charge is 0.0367 e. The minimum atomic E-state index is 0. The summed E-state index contributed by atoms with van der Waals surface area (Å²) < 4.78 is 0. The quantitative estimate of drug-likeness (QED) is 0.626. The Morgan fingerprint density at radius 1 is 1.06 bits per heavy atom. The van der Waals surface area contributed by atoms with Crippen LogP contribution in [-0.2, 0) is 0 Å². The maximum Gasteiger partial charge on any atom is 0.0367 e. The van der Waals surface area contributed by atoms with E-state index >= 15 is 0 Å². The van der Waals surface area contributed by atoms with Gasteiger partial charge >= 0.3 is 0 Å². The predicted octanol–water partition coefficient (Wildman–Crippen LogP) is 1.74. The van der Waals surface area contributed by atoms with Gasteiger partial charge in [-0.25, -0.2) is 0 Å². The van der Waals surface area contributed by atoms with Gasteiger partial charge in [-0.15, -0.1) is 12.6 Å². The summed E-state index contributed by atoms with van der Waals surface area (Å²) in [6.07, 6.45) is 0. The van der Waals surface area contributed by atoms with E-state index in [-0.39, 0.29) is 29.6 Å². The molecule has 1 aromatic rings. The molecule has 0 atom stereocenters. The minimum absolute atomic E-state index is 0. The number of likely N-dealkylation sites (N-methyl/N-ethyl adjacent to an activating group) is 1. The summed E-state index contributed by atoms with van der Waals surface area (Å²) in [5.74, 6) is 0. The van der Waals surface area contributed by atoms with E-state index in [1.54, 1.807) is 0 Å². The van der Waals surface area contributed by atoms with E-state index in [2.05, 4.69) is 53.6 Å². The van der Waals surface area contributed by atoms with Crippen LogP contribution < -0.4 is 4.90 Å². The van der Waals surface area contributed by atoms with Crippen molar-refractivity contribution in [3.05, 3.63) is 24.3 Å². The number of benzene rings is 1. The number of thiol groups is 1. The summed E-state index contributed by atoms with van der Waals surface area (Å²) in [6, 6.07) is 8.43. The number of piperazine rings is 1. The van der Waals surface area contributed by atoms with Crippen LogP contribution in [0.3, 0.4) is 0 Å². The fraction of sp³-hybridized carbons (Fsp3) is 0.500. The third kappa shape index (κ3) is 3.67. The van der Waals surface area contributed by atoms with Crippen molar-refractivity contribution in [2.45, 2.75) is 11.8 Å². The molecule has 0 N–H and O–H groups in total. The Morgan fingerprint density at radius 2 is 1.62 bits per heavy atom. The summed E-state index contributed by atoms with van der Waals surface area (Å²) in [5.41, 5.74) is 1.32. The van der Waals surface area contributed by atoms with E-state index in [4.69, 9.17) is 0 Å². The molecule has 1 aliphatic heterocycles. The van der Waals surface area contributed by atoms with Crippen LogP contribution in [0.5, 0.6) is 0 Å². The number of hydrogen-bond acceptors (Lipinski definition) is 3. The Morgan fingerprint density at radius 3 is 2.12 bits per heavy atom. The maximum atomic E-state index is 4.30. The number of rotatable bonds is 2. The van der Waals surface area contributed by atoms with Crippen molar-refractivity contribution in [2.75, 3.05) is 37.6 Å². The zero-order chi connectivity index (χ0) is 10.7. The number of hydrogen-bond donors (Lipinski definition) is 1. The second-order valence-corrected chi connectivity index (χ2v) is 4.45. The molecule has 2 rings (SSSR count). The molecule has 83 valence electrons. The van der Waals surface area contributed by atoms with Gasteiger partial charge in [0.2, 0.25) is 0 Å². The standard InChI is InChI=1S/C12H18N2S.Na/c1-2-13-7-9-14(10-8-13)11-3-5-12(15)6-4-11;/h3-6,15H,2,7-10H2,1H3;. The SMILES string of the molecule is CCN1CCN(c2ccc(S)cc2)CC1.[Na]. The van der Waals surface area contributed by atoms with Crippen LogP contribution in [0, 0.1) is 0 Å². The molecule has 0 spiro atoms. The summed E-state index contributed by atoms with van der Waals surface area (Å²) in [6.45, 7) is 8.03. The van der Waals surface area contributed by atoms with Gasteiger partial charge in [0.25, 0.3) is 0 Å². The molecule has 16 heavy (non-hydrogen) atoms. The van der Waals surface area contributed by atoms with Crippen LogP contribution >= 0.6 is 12.6 Å². The van der Waals surface area contributed by atoms with Crippen molar-refractivity contribution in [3.63, 3.8) is 0 Å². The first-order chi connectivity index (χ1) is 7.29. The molecule has 0 saturated carbocycles. The first-order valence-corrected chi connectivity index (χ1v) is 6.00. The summed E-state index contributed by atoms with van der Waals surface area (Å²) in [4.78, 5) is 5.97. The molecule has 1 saturated heterocycles. The van der Waals surface area contributed by atoms with Gasteiger partial charge in [0, 0.05) is 66.3 Å². The fourth-order valence-electron chi connectivity index (χ4n) is 1.99. The molecular formula is C12H18N2NaS. The van der Waals surface area contributed by atoms with Crippen molar-refractivity contribution in [3.8, 4) is 0 Å². The van der Waals surface area contributed by atoms with Crippen molar-refractivity contribution in [1.29, 1.82) is 0 Å². The summed E-state index contributed by atoms with van der Waals surface area (Å²) >= 11 is 4.30. The fourth-order valence-corrected chi connectivity index (χ4v) is 2.13. The number of anilines is 1. The van der Waals surface area contributed by atoms with Crippen molar-refractivity contribution >= 4 is 47.9 Å². The van der Waals surface area contributed by atoms with E-state index in [9.17, 15) is 0 Å². The average Bonchev–Trinajstić information content (AvgIpc) is 2.30. The van der Waals surface area contributed by atoms with E-state index < -0.39 is 0 Å². The van der Waals surface area contributed by atoms with Crippen molar-refractivity contribution in [1.82, 2.24) is 4.90 Å². The van der Waals surface area contributed by atoms with Gasteiger partial charge in [-0.3, -0.25) is 0 Å². The Kier molecular flexibility index (Phi) is 6.22. The Bertz CT molecular complexity index is 307. The van der Waals surface area contributed by atoms with E-state index in [1.165, 1.54) is 25.3 Å². The number of nitrogens with zero attached hydrogens (tertiary/aromatic N) is 2. The minimum Gasteiger partial charge on any atom is -0.369 e. The molecule has 1 aromatic carbocycles. The van der Waals surface area contributed by atoms with Crippen LogP contribution in [0.15, 0.2) is 29.2 Å². The van der Waals surface area contributed by atoms with Crippen LogP contribution in [0.2, 0.25) is 0 Å². The maximum absolute atomic E-state index is 4.30. The Hall–Kier alpha value is 0.330. The van der Waals surface area contributed by atoms with Gasteiger partial charge in [0.1, 0.15) is 0 Å². The predicted molar refractivity (Wildman–Crippen MR) is 73.8 cm³/mol. The van der Waals surface area contributed by atoms with E-state index in [0.717, 1.165) is 18.0 Å². The Labute approximate surface area is 126 Å². The zero-order valence-electron chi connectivity index (χ0n) is 10.2. The third-order valence-corrected chi connectivity index (χ3v) is 3.33. The van der Waals surface area contributed by atoms with Gasteiger partial charge in [-0.2, -0.15) is 0 Å². The molecule has 1 radical (unpaired) electrons. The first kappa shape index (κ1) is 14.4. The molecule has 1 fully saturated rings. The molecule has 1 aliphatic rings. The van der Waals surface area contributed by atoms with Crippen molar-refractivity contribution < 1.29 is 0 Å². The second-order valence-electron chi connectivity index (χ2n) is 3.94. The molecule has 0 unspecified atom stereocenters. The average molecular weight is 245 g/mol. The zero-order valence-corrected chi connectivity index (χ0v) is 13.1. The molecule has 0 amide bonds. The monoisotopic (exact) mass is 245 g/mol. The molecular weight excluding hydrogens is 227 g/mol. The van der Waals surface area contributed by atoms with Gasteiger partial charge < -0.3 is 9.80 Å². The van der Waals surface area contributed by atoms with Gasteiger partial charge in [-0.05, 0) is 30.8 Å². The van der Waals surface area contributed by atoms with E-state index in [1.807, 2.05) is 0 Å². The van der Waals surface area contributed by atoms with Crippen LogP contribution in [0.25, 0.3) is 0 Å². The summed E-state index contributed by atoms with van der Waals surface area (Å²) in [7, 11) is 0. The molecule has 1 heterocycles. The van der Waals surface area contributed by atoms with E-state index in [0.29, 0.717) is 0 Å². The van der Waals surface area contributed by atoms with Gasteiger partial charge in [0.05, 0.1) is 0 Å². The second kappa shape index (κ2) is 6.92. The van der Waals surface area contributed by atoms with Crippen LogP contribution in [0.1, 0.15) is 6.92 Å². The molecule has 0 aromatic heterocycles. The van der Waals surface area contributed by atoms with Crippen LogP contribution in [-0.4, -0.2) is 67.2 Å². The largest absolute Gasteiger partial charge is 0.369 e. The molecule has 0 bridgehead atoms. The van der Waals surface area contributed by atoms with Gasteiger partial charge in [-0.1, -0.05) is 6.92 Å². The summed E-state index contributed by atoms with van der Waals surface area (Å²) in [5, 5.41) is 0. The third-order valence-electron chi connectivity index (χ3n) is 3.03. The van der Waals surface area contributed by atoms with Crippen LogP contribution in [0.4, 0.5) is 5.69 Å². The molecule has 2 nitrogen and oxygen atoms in total.